The number of aromatic nitrogens is 1. The van der Waals surface area contributed by atoms with E-state index in [9.17, 15) is 0 Å². The second-order valence-corrected chi connectivity index (χ2v) is 6.16. The zero-order valence-electron chi connectivity index (χ0n) is 11.1. The van der Waals surface area contributed by atoms with Crippen LogP contribution in [-0.2, 0) is 12.6 Å². The molecule has 0 bridgehead atoms. The van der Waals surface area contributed by atoms with Crippen LogP contribution >= 0.6 is 15.9 Å². The van der Waals surface area contributed by atoms with Crippen LogP contribution in [0.3, 0.4) is 0 Å². The Morgan fingerprint density at radius 1 is 1.18 bits per heavy atom. The number of halogens is 1. The first-order chi connectivity index (χ1) is 7.75. The van der Waals surface area contributed by atoms with Crippen molar-refractivity contribution in [3.63, 3.8) is 0 Å². The van der Waals surface area contributed by atoms with E-state index >= 15 is 0 Å². The van der Waals surface area contributed by atoms with Crippen molar-refractivity contribution in [3.05, 3.63) is 33.4 Å². The lowest BCUT2D eigenvalue weighted by atomic mass is 10.0. The first-order valence-corrected chi connectivity index (χ1v) is 6.58. The zero-order valence-corrected chi connectivity index (χ0v) is 12.6. The maximum atomic E-state index is 6.27. The summed E-state index contributed by atoms with van der Waals surface area (Å²) >= 11 is 3.72. The lowest BCUT2D eigenvalue weighted by molar-refractivity contribution is 0.513. The van der Waals surface area contributed by atoms with Gasteiger partial charge in [-0.05, 0) is 54.8 Å². The van der Waals surface area contributed by atoms with Crippen molar-refractivity contribution in [1.82, 2.24) is 4.57 Å². The summed E-state index contributed by atoms with van der Waals surface area (Å²) in [6.45, 7) is 8.36. The Morgan fingerprint density at radius 3 is 2.18 bits per heavy atom. The molecule has 0 fully saturated rings. The molecule has 1 aromatic heterocycles. The molecule has 0 amide bonds. The average molecular weight is 295 g/mol. The Morgan fingerprint density at radius 2 is 1.71 bits per heavy atom. The Kier molecular flexibility index (Phi) is 2.87. The van der Waals surface area contributed by atoms with E-state index in [1.807, 2.05) is 13.8 Å². The van der Waals surface area contributed by atoms with Crippen LogP contribution in [-0.4, -0.2) is 4.57 Å². The number of hydrogen-bond acceptors (Lipinski definition) is 1. The lowest BCUT2D eigenvalue weighted by Crippen LogP contribution is -2.31. The normalized spacial score (nSPS) is 12.4. The van der Waals surface area contributed by atoms with Crippen molar-refractivity contribution in [3.8, 4) is 0 Å². The number of aryl methyl sites for hydroxylation is 3. The molecule has 17 heavy (non-hydrogen) atoms. The first kappa shape index (κ1) is 12.7. The van der Waals surface area contributed by atoms with E-state index in [0.717, 1.165) is 10.2 Å². The molecule has 0 saturated heterocycles. The first-order valence-electron chi connectivity index (χ1n) is 5.78. The van der Waals surface area contributed by atoms with Crippen molar-refractivity contribution in [1.29, 1.82) is 0 Å². The van der Waals surface area contributed by atoms with Gasteiger partial charge in [0.2, 0.25) is 0 Å². The molecule has 2 nitrogen and oxygen atoms in total. The summed E-state index contributed by atoms with van der Waals surface area (Å²) in [5.41, 5.74) is 10.9. The van der Waals surface area contributed by atoms with Crippen LogP contribution in [0.4, 0.5) is 0 Å². The summed E-state index contributed by atoms with van der Waals surface area (Å²) in [5.74, 6) is 0. The smallest absolute Gasteiger partial charge is 0.0524 e. The van der Waals surface area contributed by atoms with Crippen LogP contribution < -0.4 is 5.73 Å². The van der Waals surface area contributed by atoms with E-state index in [-0.39, 0.29) is 5.54 Å². The average Bonchev–Trinajstić information content (AvgIpc) is 2.45. The summed E-state index contributed by atoms with van der Waals surface area (Å²) in [7, 11) is 2.09. The van der Waals surface area contributed by atoms with Gasteiger partial charge in [0.15, 0.2) is 0 Å². The molecule has 0 saturated carbocycles. The van der Waals surface area contributed by atoms with Crippen molar-refractivity contribution >= 4 is 26.8 Å². The van der Waals surface area contributed by atoms with Gasteiger partial charge in [-0.25, -0.2) is 0 Å². The molecule has 0 aliphatic rings. The molecule has 2 rings (SSSR count). The quantitative estimate of drug-likeness (QED) is 0.853. The van der Waals surface area contributed by atoms with Gasteiger partial charge in [0.1, 0.15) is 0 Å². The van der Waals surface area contributed by atoms with Gasteiger partial charge in [0.25, 0.3) is 0 Å². The third kappa shape index (κ3) is 1.81. The fourth-order valence-electron chi connectivity index (χ4n) is 2.60. The fourth-order valence-corrected chi connectivity index (χ4v) is 3.88. The van der Waals surface area contributed by atoms with Crippen molar-refractivity contribution in [2.24, 2.45) is 12.8 Å². The standard InChI is InChI=1S/C14H19BrN2/c1-8-6-7-9(2)12-10(8)11(15)13(17(12)5)14(3,4)16/h6-7H,16H2,1-5H3. The molecule has 3 heteroatoms. The molecule has 1 aromatic carbocycles. The molecule has 0 radical (unpaired) electrons. The third-order valence-electron chi connectivity index (χ3n) is 3.30. The van der Waals surface area contributed by atoms with Gasteiger partial charge in [0.05, 0.1) is 16.7 Å². The lowest BCUT2D eigenvalue weighted by Gasteiger charge is -2.21. The van der Waals surface area contributed by atoms with Gasteiger partial charge >= 0.3 is 0 Å². The van der Waals surface area contributed by atoms with Crippen LogP contribution in [0.1, 0.15) is 30.7 Å². The van der Waals surface area contributed by atoms with Gasteiger partial charge in [-0.2, -0.15) is 0 Å². The van der Waals surface area contributed by atoms with E-state index in [1.165, 1.54) is 22.0 Å². The number of nitrogens with two attached hydrogens (primary N) is 1. The van der Waals surface area contributed by atoms with Gasteiger partial charge in [-0.1, -0.05) is 12.1 Å². The van der Waals surface area contributed by atoms with Crippen LogP contribution in [0, 0.1) is 13.8 Å². The number of fused-ring (bicyclic) bond motifs is 1. The minimum absolute atomic E-state index is 0.356. The Bertz CT molecular complexity index is 544. The fraction of sp³-hybridized carbons (Fsp3) is 0.429. The Balaban J connectivity index is 3.00. The van der Waals surface area contributed by atoms with Crippen molar-refractivity contribution in [2.75, 3.05) is 0 Å². The van der Waals surface area contributed by atoms with Crippen molar-refractivity contribution in [2.45, 2.75) is 33.2 Å². The van der Waals surface area contributed by atoms with E-state index in [4.69, 9.17) is 5.73 Å². The topological polar surface area (TPSA) is 30.9 Å². The highest BCUT2D eigenvalue weighted by atomic mass is 79.9. The molecular weight excluding hydrogens is 276 g/mol. The molecule has 1 heterocycles. The summed E-state index contributed by atoms with van der Waals surface area (Å²) in [5, 5.41) is 1.28. The number of benzene rings is 1. The maximum absolute atomic E-state index is 6.27. The Labute approximate surface area is 111 Å². The number of hydrogen-bond donors (Lipinski definition) is 1. The highest BCUT2D eigenvalue weighted by molar-refractivity contribution is 9.10. The summed E-state index contributed by atoms with van der Waals surface area (Å²) < 4.78 is 3.34. The predicted molar refractivity (Wildman–Crippen MR) is 77.3 cm³/mol. The van der Waals surface area contributed by atoms with E-state index in [2.05, 4.69) is 53.5 Å². The largest absolute Gasteiger partial charge is 0.345 e. The maximum Gasteiger partial charge on any atom is 0.0524 e. The van der Waals surface area contributed by atoms with Gasteiger partial charge < -0.3 is 10.3 Å². The van der Waals surface area contributed by atoms with E-state index < -0.39 is 0 Å². The Hall–Kier alpha value is -0.800. The van der Waals surface area contributed by atoms with Crippen molar-refractivity contribution < 1.29 is 0 Å². The molecule has 0 spiro atoms. The van der Waals surface area contributed by atoms with E-state index in [1.54, 1.807) is 0 Å². The third-order valence-corrected chi connectivity index (χ3v) is 4.07. The molecule has 0 aliphatic heterocycles. The second kappa shape index (κ2) is 3.85. The SMILES string of the molecule is Cc1ccc(C)c2c1c(Br)c(C(C)(C)N)n2C. The summed E-state index contributed by atoms with van der Waals surface area (Å²) in [6, 6.07) is 4.33. The summed E-state index contributed by atoms with van der Waals surface area (Å²) in [4.78, 5) is 0. The molecular formula is C14H19BrN2. The molecule has 0 aliphatic carbocycles. The zero-order chi connectivity index (χ0) is 13.0. The van der Waals surface area contributed by atoms with Gasteiger partial charge in [-0.15, -0.1) is 0 Å². The molecule has 0 unspecified atom stereocenters. The van der Waals surface area contributed by atoms with Crippen LogP contribution in [0.5, 0.6) is 0 Å². The second-order valence-electron chi connectivity index (χ2n) is 5.37. The number of nitrogens with zero attached hydrogens (tertiary/aromatic N) is 1. The van der Waals surface area contributed by atoms with Crippen LogP contribution in [0.15, 0.2) is 16.6 Å². The van der Waals surface area contributed by atoms with Gasteiger partial charge in [-0.3, -0.25) is 0 Å². The molecule has 92 valence electrons. The molecule has 2 N–H and O–H groups in total. The van der Waals surface area contributed by atoms with Crippen LogP contribution in [0.2, 0.25) is 0 Å². The number of rotatable bonds is 1. The predicted octanol–water partition coefficient (Wildman–Crippen LogP) is 3.75. The highest BCUT2D eigenvalue weighted by Crippen LogP contribution is 2.38. The monoisotopic (exact) mass is 294 g/mol. The minimum Gasteiger partial charge on any atom is -0.345 e. The molecule has 0 atom stereocenters. The van der Waals surface area contributed by atoms with Gasteiger partial charge in [0, 0.05) is 16.9 Å². The highest BCUT2D eigenvalue weighted by Gasteiger charge is 2.25. The molecule has 2 aromatic rings. The minimum atomic E-state index is -0.356. The van der Waals surface area contributed by atoms with E-state index in [0.29, 0.717) is 0 Å². The van der Waals surface area contributed by atoms with Crippen LogP contribution in [0.25, 0.3) is 10.9 Å². The summed E-state index contributed by atoms with van der Waals surface area (Å²) in [6.07, 6.45) is 0.